The van der Waals surface area contributed by atoms with Crippen LogP contribution in [0.1, 0.15) is 5.56 Å². The van der Waals surface area contributed by atoms with Crippen LogP contribution in [-0.4, -0.2) is 16.1 Å². The number of aromatic nitrogens is 1. The predicted octanol–water partition coefficient (Wildman–Crippen LogP) is 4.82. The number of nitro benzene ring substituents is 1. The molecule has 3 aromatic rings. The molecule has 24 heavy (non-hydrogen) atoms. The largest absolute Gasteiger partial charge is 0.270 e. The molecular formula is C16H11ClN4O2S. The van der Waals surface area contributed by atoms with Crippen molar-refractivity contribution >= 4 is 40.0 Å². The molecule has 8 heteroatoms. The Labute approximate surface area is 146 Å². The number of hydrogen-bond acceptors (Lipinski definition) is 6. The van der Waals surface area contributed by atoms with Crippen LogP contribution in [0.3, 0.4) is 0 Å². The van der Waals surface area contributed by atoms with Gasteiger partial charge in [-0.15, -0.1) is 11.3 Å². The molecule has 0 amide bonds. The number of rotatable bonds is 5. The first-order valence-electron chi connectivity index (χ1n) is 6.87. The van der Waals surface area contributed by atoms with Gasteiger partial charge >= 0.3 is 0 Å². The minimum absolute atomic E-state index is 0.0340. The van der Waals surface area contributed by atoms with Crippen LogP contribution in [0.4, 0.5) is 10.8 Å². The van der Waals surface area contributed by atoms with E-state index in [1.165, 1.54) is 23.5 Å². The molecule has 0 spiro atoms. The summed E-state index contributed by atoms with van der Waals surface area (Å²) in [6, 6.07) is 13.7. The molecule has 2 aromatic carbocycles. The normalized spacial score (nSPS) is 10.9. The summed E-state index contributed by atoms with van der Waals surface area (Å²) in [5.41, 5.74) is 5.00. The maximum Gasteiger partial charge on any atom is 0.270 e. The van der Waals surface area contributed by atoms with Crippen LogP contribution in [0.25, 0.3) is 11.3 Å². The fraction of sp³-hybridized carbons (Fsp3) is 0. The van der Waals surface area contributed by atoms with Crippen molar-refractivity contribution < 1.29 is 4.92 Å². The quantitative estimate of drug-likeness (QED) is 0.403. The SMILES string of the molecule is O=[N+]([O-])c1cccc(-c2csc(N/N=C/c3ccccc3Cl)n2)c1. The van der Waals surface area contributed by atoms with Gasteiger partial charge in [0.05, 0.1) is 16.8 Å². The first-order valence-corrected chi connectivity index (χ1v) is 8.13. The van der Waals surface area contributed by atoms with Crippen molar-refractivity contribution in [2.75, 3.05) is 5.43 Å². The highest BCUT2D eigenvalue weighted by Gasteiger charge is 2.09. The Morgan fingerprint density at radius 2 is 2.08 bits per heavy atom. The molecule has 1 aromatic heterocycles. The summed E-state index contributed by atoms with van der Waals surface area (Å²) in [7, 11) is 0. The Hall–Kier alpha value is -2.77. The van der Waals surface area contributed by atoms with Crippen molar-refractivity contribution in [3.05, 3.63) is 74.6 Å². The zero-order valence-corrected chi connectivity index (χ0v) is 13.8. The van der Waals surface area contributed by atoms with Crippen LogP contribution < -0.4 is 5.43 Å². The maximum atomic E-state index is 10.8. The zero-order valence-electron chi connectivity index (χ0n) is 12.2. The lowest BCUT2D eigenvalue weighted by Gasteiger charge is -1.97. The minimum Gasteiger partial charge on any atom is -0.258 e. The molecule has 120 valence electrons. The van der Waals surface area contributed by atoms with Crippen LogP contribution in [-0.2, 0) is 0 Å². The van der Waals surface area contributed by atoms with Gasteiger partial charge in [-0.25, -0.2) is 4.98 Å². The Kier molecular flexibility index (Phi) is 4.83. The molecule has 0 bridgehead atoms. The van der Waals surface area contributed by atoms with E-state index in [9.17, 15) is 10.1 Å². The number of non-ortho nitro benzene ring substituents is 1. The number of anilines is 1. The van der Waals surface area contributed by atoms with Gasteiger partial charge < -0.3 is 0 Å². The third-order valence-electron chi connectivity index (χ3n) is 3.13. The van der Waals surface area contributed by atoms with Gasteiger partial charge in [-0.05, 0) is 6.07 Å². The summed E-state index contributed by atoms with van der Waals surface area (Å²) >= 11 is 7.40. The Morgan fingerprint density at radius 3 is 2.88 bits per heavy atom. The molecule has 0 unspecified atom stereocenters. The number of nitrogens with one attached hydrogen (secondary N) is 1. The highest BCUT2D eigenvalue weighted by Crippen LogP contribution is 2.27. The molecule has 1 N–H and O–H groups in total. The highest BCUT2D eigenvalue weighted by molar-refractivity contribution is 7.14. The number of benzene rings is 2. The van der Waals surface area contributed by atoms with E-state index >= 15 is 0 Å². The van der Waals surface area contributed by atoms with Crippen LogP contribution >= 0.6 is 22.9 Å². The molecule has 0 atom stereocenters. The van der Waals surface area contributed by atoms with E-state index in [0.29, 0.717) is 21.4 Å². The Balaban J connectivity index is 1.73. The minimum atomic E-state index is -0.428. The van der Waals surface area contributed by atoms with Gasteiger partial charge in [0.1, 0.15) is 0 Å². The van der Waals surface area contributed by atoms with E-state index in [0.717, 1.165) is 5.56 Å². The molecule has 0 aliphatic heterocycles. The number of halogens is 1. The number of nitro groups is 1. The molecule has 0 saturated carbocycles. The van der Waals surface area contributed by atoms with E-state index in [1.807, 2.05) is 23.6 Å². The summed E-state index contributed by atoms with van der Waals surface area (Å²) in [5.74, 6) is 0. The molecular weight excluding hydrogens is 348 g/mol. The van der Waals surface area contributed by atoms with E-state index in [-0.39, 0.29) is 5.69 Å². The van der Waals surface area contributed by atoms with Crippen molar-refractivity contribution in [3.63, 3.8) is 0 Å². The smallest absolute Gasteiger partial charge is 0.258 e. The third kappa shape index (κ3) is 3.76. The lowest BCUT2D eigenvalue weighted by atomic mass is 10.1. The van der Waals surface area contributed by atoms with Crippen LogP contribution in [0.5, 0.6) is 0 Å². The molecule has 0 radical (unpaired) electrons. The molecule has 1 heterocycles. The van der Waals surface area contributed by atoms with Crippen LogP contribution in [0, 0.1) is 10.1 Å². The molecule has 6 nitrogen and oxygen atoms in total. The van der Waals surface area contributed by atoms with Crippen molar-refractivity contribution in [3.8, 4) is 11.3 Å². The third-order valence-corrected chi connectivity index (χ3v) is 4.22. The van der Waals surface area contributed by atoms with Crippen molar-refractivity contribution in [2.24, 2.45) is 5.10 Å². The zero-order chi connectivity index (χ0) is 16.9. The van der Waals surface area contributed by atoms with Gasteiger partial charge in [0.25, 0.3) is 5.69 Å². The lowest BCUT2D eigenvalue weighted by molar-refractivity contribution is -0.384. The second-order valence-electron chi connectivity index (χ2n) is 4.74. The summed E-state index contributed by atoms with van der Waals surface area (Å²) < 4.78 is 0. The number of thiazole rings is 1. The van der Waals surface area contributed by atoms with Gasteiger partial charge in [-0.1, -0.05) is 41.9 Å². The first kappa shape index (κ1) is 16.1. The standard InChI is InChI=1S/C16H11ClN4O2S/c17-14-7-2-1-4-12(14)9-18-20-16-19-15(10-24-16)11-5-3-6-13(8-11)21(22)23/h1-10H,(H,19,20)/b18-9+. The van der Waals surface area contributed by atoms with Crippen molar-refractivity contribution in [1.82, 2.24) is 4.98 Å². The maximum absolute atomic E-state index is 10.8. The summed E-state index contributed by atoms with van der Waals surface area (Å²) in [4.78, 5) is 14.8. The van der Waals surface area contributed by atoms with E-state index in [4.69, 9.17) is 11.6 Å². The Bertz CT molecular complexity index is 910. The number of hydrogen-bond donors (Lipinski definition) is 1. The number of hydrazone groups is 1. The van der Waals surface area contributed by atoms with E-state index < -0.39 is 4.92 Å². The monoisotopic (exact) mass is 358 g/mol. The fourth-order valence-electron chi connectivity index (χ4n) is 1.97. The average Bonchev–Trinajstić information content (AvgIpc) is 3.06. The van der Waals surface area contributed by atoms with E-state index in [2.05, 4.69) is 15.5 Å². The van der Waals surface area contributed by atoms with Gasteiger partial charge in [-0.3, -0.25) is 15.5 Å². The molecule has 0 aliphatic carbocycles. The Morgan fingerprint density at radius 1 is 1.25 bits per heavy atom. The molecule has 0 aliphatic rings. The second kappa shape index (κ2) is 7.20. The summed E-state index contributed by atoms with van der Waals surface area (Å²) in [6.07, 6.45) is 1.61. The van der Waals surface area contributed by atoms with Crippen molar-refractivity contribution in [1.29, 1.82) is 0 Å². The fourth-order valence-corrected chi connectivity index (χ4v) is 2.83. The van der Waals surface area contributed by atoms with Crippen LogP contribution in [0.15, 0.2) is 59.0 Å². The average molecular weight is 359 g/mol. The molecule has 3 rings (SSSR count). The second-order valence-corrected chi connectivity index (χ2v) is 6.00. The highest BCUT2D eigenvalue weighted by atomic mass is 35.5. The van der Waals surface area contributed by atoms with E-state index in [1.54, 1.807) is 24.4 Å². The van der Waals surface area contributed by atoms with Crippen LogP contribution in [0.2, 0.25) is 5.02 Å². The molecule has 0 fully saturated rings. The lowest BCUT2D eigenvalue weighted by Crippen LogP contribution is -1.91. The summed E-state index contributed by atoms with van der Waals surface area (Å²) in [6.45, 7) is 0. The topological polar surface area (TPSA) is 80.4 Å². The number of nitrogens with zero attached hydrogens (tertiary/aromatic N) is 3. The molecule has 0 saturated heterocycles. The van der Waals surface area contributed by atoms with Gasteiger partial charge in [0.15, 0.2) is 0 Å². The predicted molar refractivity (Wildman–Crippen MR) is 96.9 cm³/mol. The first-order chi connectivity index (χ1) is 11.6. The van der Waals surface area contributed by atoms with Gasteiger partial charge in [0, 0.05) is 33.7 Å². The van der Waals surface area contributed by atoms with Gasteiger partial charge in [-0.2, -0.15) is 5.10 Å². The van der Waals surface area contributed by atoms with Gasteiger partial charge in [0.2, 0.25) is 5.13 Å². The van der Waals surface area contributed by atoms with Crippen molar-refractivity contribution in [2.45, 2.75) is 0 Å². The summed E-state index contributed by atoms with van der Waals surface area (Å²) in [5, 5.41) is 18.0.